The summed E-state index contributed by atoms with van der Waals surface area (Å²) in [5.41, 5.74) is 1.34. The summed E-state index contributed by atoms with van der Waals surface area (Å²) in [5, 5.41) is 9.34. The molecule has 116 valence electrons. The third-order valence-electron chi connectivity index (χ3n) is 5.73. The lowest BCUT2D eigenvalue weighted by atomic mass is 9.75. The summed E-state index contributed by atoms with van der Waals surface area (Å²) in [5.74, 6) is 2.37. The third kappa shape index (κ3) is 3.79. The van der Waals surface area contributed by atoms with Crippen molar-refractivity contribution in [2.75, 3.05) is 13.1 Å². The van der Waals surface area contributed by atoms with E-state index in [9.17, 15) is 5.11 Å². The Morgan fingerprint density at radius 1 is 1.10 bits per heavy atom. The molecule has 3 unspecified atom stereocenters. The summed E-state index contributed by atoms with van der Waals surface area (Å²) < 4.78 is 0. The zero-order chi connectivity index (χ0) is 14.7. The maximum absolute atomic E-state index is 9.34. The van der Waals surface area contributed by atoms with Gasteiger partial charge < -0.3 is 10.0 Å². The smallest absolute Gasteiger partial charge is 0.115 e. The monoisotopic (exact) mass is 287 g/mol. The van der Waals surface area contributed by atoms with Gasteiger partial charge in [0.15, 0.2) is 0 Å². The van der Waals surface area contributed by atoms with Gasteiger partial charge in [-0.15, -0.1) is 0 Å². The fraction of sp³-hybridized carbons (Fsp3) is 0.684. The highest BCUT2D eigenvalue weighted by Gasteiger charge is 2.32. The van der Waals surface area contributed by atoms with Gasteiger partial charge in [0.1, 0.15) is 5.75 Å². The Morgan fingerprint density at radius 3 is 2.57 bits per heavy atom. The number of phenols is 1. The number of likely N-dealkylation sites (tertiary alicyclic amines) is 1. The molecule has 3 rings (SSSR count). The van der Waals surface area contributed by atoms with Crippen LogP contribution in [-0.4, -0.2) is 29.1 Å². The second-order valence-corrected chi connectivity index (χ2v) is 7.14. The normalized spacial score (nSPS) is 28.0. The molecule has 21 heavy (non-hydrogen) atoms. The minimum Gasteiger partial charge on any atom is -0.508 e. The Morgan fingerprint density at radius 2 is 1.81 bits per heavy atom. The quantitative estimate of drug-likeness (QED) is 0.896. The van der Waals surface area contributed by atoms with Crippen molar-refractivity contribution in [1.29, 1.82) is 0 Å². The Hall–Kier alpha value is -1.02. The number of benzene rings is 1. The number of phenolic OH excluding ortho intramolecular Hbond substituents is 1. The van der Waals surface area contributed by atoms with Crippen molar-refractivity contribution >= 4 is 0 Å². The zero-order valence-corrected chi connectivity index (χ0v) is 13.3. The number of fused-ring (bicyclic) bond motifs is 1. The van der Waals surface area contributed by atoms with Gasteiger partial charge in [-0.1, -0.05) is 31.4 Å². The van der Waals surface area contributed by atoms with E-state index in [4.69, 9.17) is 0 Å². The van der Waals surface area contributed by atoms with Crippen LogP contribution in [0.4, 0.5) is 0 Å². The topological polar surface area (TPSA) is 23.5 Å². The van der Waals surface area contributed by atoms with Crippen molar-refractivity contribution in [3.63, 3.8) is 0 Å². The lowest BCUT2D eigenvalue weighted by Crippen LogP contribution is -2.45. The minimum atomic E-state index is 0.367. The van der Waals surface area contributed by atoms with Gasteiger partial charge in [-0.2, -0.15) is 0 Å². The number of hydrogen-bond acceptors (Lipinski definition) is 2. The lowest BCUT2D eigenvalue weighted by molar-refractivity contribution is 0.0594. The summed E-state index contributed by atoms with van der Waals surface area (Å²) in [6.07, 6.45) is 9.64. The molecule has 1 N–H and O–H groups in total. The average molecular weight is 287 g/mol. The molecule has 1 aromatic rings. The van der Waals surface area contributed by atoms with Crippen LogP contribution >= 0.6 is 0 Å². The van der Waals surface area contributed by atoms with E-state index in [1.807, 2.05) is 0 Å². The van der Waals surface area contributed by atoms with Gasteiger partial charge in [-0.05, 0) is 68.7 Å². The van der Waals surface area contributed by atoms with Crippen LogP contribution in [0.5, 0.6) is 5.75 Å². The van der Waals surface area contributed by atoms with Crippen LogP contribution in [0.15, 0.2) is 24.3 Å². The van der Waals surface area contributed by atoms with Crippen molar-refractivity contribution in [2.45, 2.75) is 57.9 Å². The number of nitrogens with zero attached hydrogens (tertiary/aromatic N) is 1. The van der Waals surface area contributed by atoms with Gasteiger partial charge >= 0.3 is 0 Å². The summed E-state index contributed by atoms with van der Waals surface area (Å²) >= 11 is 0. The van der Waals surface area contributed by atoms with Gasteiger partial charge in [0.2, 0.25) is 0 Å². The highest BCUT2D eigenvalue weighted by Crippen LogP contribution is 2.36. The minimum absolute atomic E-state index is 0.367. The molecule has 0 spiro atoms. The maximum Gasteiger partial charge on any atom is 0.115 e. The summed E-state index contributed by atoms with van der Waals surface area (Å²) in [6.45, 7) is 5.03. The van der Waals surface area contributed by atoms with Crippen molar-refractivity contribution in [2.24, 2.45) is 11.8 Å². The molecule has 1 heterocycles. The van der Waals surface area contributed by atoms with Gasteiger partial charge in [0.25, 0.3) is 0 Å². The van der Waals surface area contributed by atoms with E-state index in [0.717, 1.165) is 18.3 Å². The molecule has 0 radical (unpaired) electrons. The molecule has 1 saturated carbocycles. The van der Waals surface area contributed by atoms with Crippen LogP contribution in [0, 0.1) is 11.8 Å². The molecule has 1 saturated heterocycles. The van der Waals surface area contributed by atoms with E-state index < -0.39 is 0 Å². The summed E-state index contributed by atoms with van der Waals surface area (Å²) in [4.78, 5) is 2.73. The molecule has 1 aromatic carbocycles. The SMILES string of the molecule is CC(CCc1ccc(O)cc1)N1CCC2CCCCC2C1. The van der Waals surface area contributed by atoms with Crippen molar-refractivity contribution in [3.8, 4) is 5.75 Å². The van der Waals surface area contributed by atoms with Gasteiger partial charge in [-0.25, -0.2) is 0 Å². The van der Waals surface area contributed by atoms with E-state index in [2.05, 4.69) is 24.0 Å². The standard InChI is InChI=1S/C19H29NO/c1-15(6-7-16-8-10-19(21)11-9-16)20-13-12-17-4-2-3-5-18(17)14-20/h8-11,15,17-18,21H,2-7,12-14H2,1H3. The number of rotatable bonds is 4. The van der Waals surface area contributed by atoms with Crippen LogP contribution in [0.25, 0.3) is 0 Å². The largest absolute Gasteiger partial charge is 0.508 e. The molecule has 0 amide bonds. The molecule has 3 atom stereocenters. The van der Waals surface area contributed by atoms with E-state index in [-0.39, 0.29) is 0 Å². The highest BCUT2D eigenvalue weighted by atomic mass is 16.3. The number of hydrogen-bond donors (Lipinski definition) is 1. The van der Waals surface area contributed by atoms with Crippen LogP contribution in [-0.2, 0) is 6.42 Å². The Labute approximate surface area is 129 Å². The Balaban J connectivity index is 1.49. The summed E-state index contributed by atoms with van der Waals surface area (Å²) in [7, 11) is 0. The molecule has 2 fully saturated rings. The van der Waals surface area contributed by atoms with Gasteiger partial charge in [0, 0.05) is 12.6 Å². The number of aryl methyl sites for hydroxylation is 1. The second kappa shape index (κ2) is 6.83. The van der Waals surface area contributed by atoms with Crippen molar-refractivity contribution in [1.82, 2.24) is 4.90 Å². The predicted molar refractivity (Wildman–Crippen MR) is 87.5 cm³/mol. The first kappa shape index (κ1) is 14.9. The van der Waals surface area contributed by atoms with Crippen molar-refractivity contribution in [3.05, 3.63) is 29.8 Å². The van der Waals surface area contributed by atoms with E-state index in [0.29, 0.717) is 11.8 Å². The van der Waals surface area contributed by atoms with Crippen LogP contribution < -0.4 is 0 Å². The predicted octanol–water partition coefficient (Wildman–Crippen LogP) is 4.23. The summed E-state index contributed by atoms with van der Waals surface area (Å²) in [6, 6.07) is 8.38. The molecule has 2 heteroatoms. The van der Waals surface area contributed by atoms with E-state index in [1.54, 1.807) is 12.1 Å². The Bertz CT molecular complexity index is 441. The molecule has 1 aliphatic carbocycles. The fourth-order valence-corrected chi connectivity index (χ4v) is 4.25. The Kier molecular flexibility index (Phi) is 4.84. The highest BCUT2D eigenvalue weighted by molar-refractivity contribution is 5.25. The van der Waals surface area contributed by atoms with Crippen LogP contribution in [0.1, 0.15) is 51.0 Å². The lowest BCUT2D eigenvalue weighted by Gasteiger charge is -2.43. The first-order valence-electron chi connectivity index (χ1n) is 8.74. The van der Waals surface area contributed by atoms with Crippen LogP contribution in [0.3, 0.4) is 0 Å². The molecule has 1 aliphatic heterocycles. The van der Waals surface area contributed by atoms with Gasteiger partial charge in [0.05, 0.1) is 0 Å². The first-order chi connectivity index (χ1) is 10.2. The molecular formula is C19H29NO. The van der Waals surface area contributed by atoms with E-state index in [1.165, 1.54) is 57.2 Å². The van der Waals surface area contributed by atoms with Gasteiger partial charge in [-0.3, -0.25) is 0 Å². The average Bonchev–Trinajstić information content (AvgIpc) is 2.53. The van der Waals surface area contributed by atoms with Crippen LogP contribution in [0.2, 0.25) is 0 Å². The molecule has 0 aromatic heterocycles. The molecule has 0 bridgehead atoms. The second-order valence-electron chi connectivity index (χ2n) is 7.14. The third-order valence-corrected chi connectivity index (χ3v) is 5.73. The number of piperidine rings is 1. The maximum atomic E-state index is 9.34. The number of aromatic hydroxyl groups is 1. The molecular weight excluding hydrogens is 258 g/mol. The van der Waals surface area contributed by atoms with Crippen molar-refractivity contribution < 1.29 is 5.11 Å². The molecule has 2 nitrogen and oxygen atoms in total. The zero-order valence-electron chi connectivity index (χ0n) is 13.3. The first-order valence-corrected chi connectivity index (χ1v) is 8.74. The van der Waals surface area contributed by atoms with E-state index >= 15 is 0 Å². The fourth-order valence-electron chi connectivity index (χ4n) is 4.25. The molecule has 2 aliphatic rings.